The maximum Gasteiger partial charge on any atom is 0.0804 e. The lowest BCUT2D eigenvalue weighted by Gasteiger charge is -2.29. The number of hydrogen-bond donors (Lipinski definition) is 1. The van der Waals surface area contributed by atoms with Crippen molar-refractivity contribution in [2.45, 2.75) is 64.7 Å². The van der Waals surface area contributed by atoms with Gasteiger partial charge in [-0.15, -0.1) is 0 Å². The van der Waals surface area contributed by atoms with Crippen LogP contribution in [0.4, 0.5) is 0 Å². The summed E-state index contributed by atoms with van der Waals surface area (Å²) in [4.78, 5) is 0. The molecule has 0 spiro atoms. The molecule has 1 N–H and O–H groups in total. The van der Waals surface area contributed by atoms with Crippen molar-refractivity contribution in [3.8, 4) is 0 Å². The molecular weight excluding hydrogens is 282 g/mol. The summed E-state index contributed by atoms with van der Waals surface area (Å²) in [5.74, 6) is 0.738. The van der Waals surface area contributed by atoms with E-state index < -0.39 is 0 Å². The van der Waals surface area contributed by atoms with Crippen LogP contribution in [0, 0.1) is 0 Å². The van der Waals surface area contributed by atoms with Crippen LogP contribution >= 0.6 is 0 Å². The molecule has 2 heteroatoms. The summed E-state index contributed by atoms with van der Waals surface area (Å²) in [6.07, 6.45) is 8.44. The Hall–Kier alpha value is -0.860. The Bertz CT molecular complexity index is 422. The predicted octanol–water partition coefficient (Wildman–Crippen LogP) is 4.76. The van der Waals surface area contributed by atoms with Crippen LogP contribution in [0.2, 0.25) is 0 Å². The van der Waals surface area contributed by atoms with Crippen molar-refractivity contribution in [2.24, 2.45) is 0 Å². The summed E-state index contributed by atoms with van der Waals surface area (Å²) in [7, 11) is 4.54. The molecule has 0 aromatic heterocycles. The first-order valence-electron chi connectivity index (χ1n) is 9.54. The second-order valence-electron chi connectivity index (χ2n) is 7.58. The van der Waals surface area contributed by atoms with Gasteiger partial charge in [0.25, 0.3) is 0 Å². The molecule has 0 aliphatic heterocycles. The van der Waals surface area contributed by atoms with E-state index in [1.165, 1.54) is 50.6 Å². The SMILES string of the molecule is CCCC(CCC)c1cccc(CCC[N+](C)(C)CCCO)c1. The summed E-state index contributed by atoms with van der Waals surface area (Å²) in [5, 5.41) is 8.99. The summed E-state index contributed by atoms with van der Waals surface area (Å²) < 4.78 is 1.01. The lowest BCUT2D eigenvalue weighted by molar-refractivity contribution is -0.890. The molecule has 0 aliphatic carbocycles. The Labute approximate surface area is 144 Å². The van der Waals surface area contributed by atoms with Gasteiger partial charge in [0.2, 0.25) is 0 Å². The summed E-state index contributed by atoms with van der Waals surface area (Å²) in [6, 6.07) is 9.30. The van der Waals surface area contributed by atoms with Gasteiger partial charge in [-0.2, -0.15) is 0 Å². The van der Waals surface area contributed by atoms with Crippen LogP contribution in [0.25, 0.3) is 0 Å². The van der Waals surface area contributed by atoms with E-state index in [0.29, 0.717) is 6.61 Å². The third-order valence-electron chi connectivity index (χ3n) is 4.85. The number of hydrogen-bond acceptors (Lipinski definition) is 1. The first kappa shape index (κ1) is 20.2. The zero-order valence-corrected chi connectivity index (χ0v) is 15.9. The normalized spacial score (nSPS) is 12.1. The smallest absolute Gasteiger partial charge is 0.0804 e. The van der Waals surface area contributed by atoms with Gasteiger partial charge < -0.3 is 9.59 Å². The van der Waals surface area contributed by atoms with Gasteiger partial charge in [0.1, 0.15) is 0 Å². The fourth-order valence-corrected chi connectivity index (χ4v) is 3.50. The lowest BCUT2D eigenvalue weighted by Crippen LogP contribution is -2.41. The van der Waals surface area contributed by atoms with Crippen molar-refractivity contribution in [3.05, 3.63) is 35.4 Å². The molecular formula is C21H38NO+. The standard InChI is InChI=1S/C21H38NO/c1-5-10-20(11-6-2)21-14-7-12-19(18-21)13-8-15-22(3,4)16-9-17-23/h7,12,14,18,20,23H,5-6,8-11,13,15-17H2,1-4H3/q+1. The highest BCUT2D eigenvalue weighted by Crippen LogP contribution is 2.27. The molecule has 0 bridgehead atoms. The van der Waals surface area contributed by atoms with Gasteiger partial charge in [-0.25, -0.2) is 0 Å². The second-order valence-corrected chi connectivity index (χ2v) is 7.58. The summed E-state index contributed by atoms with van der Waals surface area (Å²) in [5.41, 5.74) is 3.03. The van der Waals surface area contributed by atoms with Crippen molar-refractivity contribution in [2.75, 3.05) is 33.8 Å². The molecule has 0 atom stereocenters. The van der Waals surface area contributed by atoms with Crippen LogP contribution < -0.4 is 0 Å². The van der Waals surface area contributed by atoms with E-state index in [4.69, 9.17) is 5.11 Å². The van der Waals surface area contributed by atoms with Crippen LogP contribution in [-0.2, 0) is 6.42 Å². The molecule has 1 aromatic carbocycles. The Balaban J connectivity index is 2.56. The van der Waals surface area contributed by atoms with E-state index >= 15 is 0 Å². The van der Waals surface area contributed by atoms with E-state index in [1.807, 2.05) is 0 Å². The molecule has 1 rings (SSSR count). The number of aliphatic hydroxyl groups excluding tert-OH is 1. The average Bonchev–Trinajstić information content (AvgIpc) is 2.53. The number of nitrogens with zero attached hydrogens (tertiary/aromatic N) is 1. The molecule has 1 aromatic rings. The zero-order valence-electron chi connectivity index (χ0n) is 15.9. The highest BCUT2D eigenvalue weighted by atomic mass is 16.3. The molecule has 0 saturated carbocycles. The zero-order chi connectivity index (χ0) is 17.1. The number of aliphatic hydroxyl groups is 1. The van der Waals surface area contributed by atoms with Gasteiger partial charge in [0, 0.05) is 19.4 Å². The van der Waals surface area contributed by atoms with Gasteiger partial charge >= 0.3 is 0 Å². The minimum atomic E-state index is 0.306. The number of quaternary nitrogens is 1. The Morgan fingerprint density at radius 1 is 1.00 bits per heavy atom. The van der Waals surface area contributed by atoms with Gasteiger partial charge in [-0.1, -0.05) is 51.0 Å². The molecule has 23 heavy (non-hydrogen) atoms. The second kappa shape index (κ2) is 10.8. The molecule has 0 fully saturated rings. The summed E-state index contributed by atoms with van der Waals surface area (Å²) in [6.45, 7) is 7.13. The maximum atomic E-state index is 8.99. The van der Waals surface area contributed by atoms with Gasteiger partial charge in [0.05, 0.1) is 27.2 Å². The Morgan fingerprint density at radius 3 is 2.26 bits per heavy atom. The van der Waals surface area contributed by atoms with Crippen molar-refractivity contribution in [3.63, 3.8) is 0 Å². The first-order chi connectivity index (χ1) is 11.0. The minimum Gasteiger partial charge on any atom is -0.396 e. The van der Waals surface area contributed by atoms with Crippen LogP contribution in [0.5, 0.6) is 0 Å². The predicted molar refractivity (Wildman–Crippen MR) is 101 cm³/mol. The van der Waals surface area contributed by atoms with E-state index in [9.17, 15) is 0 Å². The van der Waals surface area contributed by atoms with E-state index in [1.54, 1.807) is 5.56 Å². The highest BCUT2D eigenvalue weighted by molar-refractivity contribution is 5.26. The first-order valence-corrected chi connectivity index (χ1v) is 9.54. The molecule has 2 nitrogen and oxygen atoms in total. The van der Waals surface area contributed by atoms with Crippen LogP contribution in [-0.4, -0.2) is 43.4 Å². The monoisotopic (exact) mass is 320 g/mol. The third kappa shape index (κ3) is 7.99. The van der Waals surface area contributed by atoms with Crippen molar-refractivity contribution in [1.29, 1.82) is 0 Å². The molecule has 0 saturated heterocycles. The molecule has 0 unspecified atom stereocenters. The van der Waals surface area contributed by atoms with E-state index in [0.717, 1.165) is 23.4 Å². The molecule has 0 heterocycles. The number of rotatable bonds is 12. The number of aryl methyl sites for hydroxylation is 1. The third-order valence-corrected chi connectivity index (χ3v) is 4.85. The maximum absolute atomic E-state index is 8.99. The van der Waals surface area contributed by atoms with Gasteiger partial charge in [-0.05, 0) is 36.3 Å². The molecule has 132 valence electrons. The Morgan fingerprint density at radius 2 is 1.65 bits per heavy atom. The quantitative estimate of drug-likeness (QED) is 0.550. The van der Waals surface area contributed by atoms with Gasteiger partial charge in [0.15, 0.2) is 0 Å². The summed E-state index contributed by atoms with van der Waals surface area (Å²) >= 11 is 0. The molecule has 0 amide bonds. The largest absolute Gasteiger partial charge is 0.396 e. The van der Waals surface area contributed by atoms with Crippen molar-refractivity contribution in [1.82, 2.24) is 0 Å². The van der Waals surface area contributed by atoms with Crippen molar-refractivity contribution >= 4 is 0 Å². The molecule has 0 aliphatic rings. The van der Waals surface area contributed by atoms with Gasteiger partial charge in [-0.3, -0.25) is 0 Å². The topological polar surface area (TPSA) is 20.2 Å². The van der Waals surface area contributed by atoms with E-state index in [-0.39, 0.29) is 0 Å². The average molecular weight is 321 g/mol. The van der Waals surface area contributed by atoms with Crippen LogP contribution in [0.1, 0.15) is 69.4 Å². The lowest BCUT2D eigenvalue weighted by atomic mass is 9.89. The fraction of sp³-hybridized carbons (Fsp3) is 0.714. The molecule has 0 radical (unpaired) electrons. The number of benzene rings is 1. The van der Waals surface area contributed by atoms with Crippen molar-refractivity contribution < 1.29 is 9.59 Å². The highest BCUT2D eigenvalue weighted by Gasteiger charge is 2.14. The van der Waals surface area contributed by atoms with E-state index in [2.05, 4.69) is 52.2 Å². The fourth-order valence-electron chi connectivity index (χ4n) is 3.50. The van der Waals surface area contributed by atoms with Crippen LogP contribution in [0.15, 0.2) is 24.3 Å². The van der Waals surface area contributed by atoms with Crippen LogP contribution in [0.3, 0.4) is 0 Å². The minimum absolute atomic E-state index is 0.306. The Kier molecular flexibility index (Phi) is 9.50.